The molecule has 0 saturated carbocycles. The summed E-state index contributed by atoms with van der Waals surface area (Å²) >= 11 is 5.87. The van der Waals surface area contributed by atoms with Gasteiger partial charge in [0.2, 0.25) is 0 Å². The molecule has 3 nitrogen and oxygen atoms in total. The lowest BCUT2D eigenvalue weighted by atomic mass is 10.1. The van der Waals surface area contributed by atoms with Crippen molar-refractivity contribution in [3.05, 3.63) is 65.2 Å². The van der Waals surface area contributed by atoms with E-state index in [4.69, 9.17) is 16.3 Å². The van der Waals surface area contributed by atoms with Crippen molar-refractivity contribution in [1.82, 2.24) is 0 Å². The Kier molecular flexibility index (Phi) is 6.24. The maximum Gasteiger partial charge on any atom is 0.157 e. The van der Waals surface area contributed by atoms with Crippen LogP contribution in [-0.2, 0) is 4.79 Å². The summed E-state index contributed by atoms with van der Waals surface area (Å²) in [5, 5.41) is 0.709. The minimum Gasteiger partial charge on any atom is -0.497 e. The van der Waals surface area contributed by atoms with E-state index in [0.717, 1.165) is 17.0 Å². The van der Waals surface area contributed by atoms with E-state index in [0.29, 0.717) is 18.0 Å². The van der Waals surface area contributed by atoms with Gasteiger partial charge in [-0.25, -0.2) is 0 Å². The van der Waals surface area contributed by atoms with E-state index in [2.05, 4.69) is 0 Å². The van der Waals surface area contributed by atoms with Gasteiger partial charge in [0.1, 0.15) is 5.75 Å². The number of ketones is 1. The third-order valence-corrected chi connectivity index (χ3v) is 3.79. The van der Waals surface area contributed by atoms with Crippen molar-refractivity contribution >= 4 is 29.1 Å². The van der Waals surface area contributed by atoms with E-state index >= 15 is 0 Å². The number of hydrogen-bond acceptors (Lipinski definition) is 3. The van der Waals surface area contributed by atoms with Crippen LogP contribution < -0.4 is 9.64 Å². The van der Waals surface area contributed by atoms with Crippen molar-refractivity contribution in [1.29, 1.82) is 0 Å². The van der Waals surface area contributed by atoms with Crippen LogP contribution in [0, 0.1) is 0 Å². The third-order valence-electron chi connectivity index (χ3n) is 3.54. The van der Waals surface area contributed by atoms with Gasteiger partial charge in [-0.3, -0.25) is 4.79 Å². The zero-order chi connectivity index (χ0) is 16.7. The summed E-state index contributed by atoms with van der Waals surface area (Å²) in [6, 6.07) is 15.2. The van der Waals surface area contributed by atoms with Gasteiger partial charge in [0.25, 0.3) is 0 Å². The van der Waals surface area contributed by atoms with E-state index in [1.807, 2.05) is 66.6 Å². The highest BCUT2D eigenvalue weighted by Gasteiger charge is 2.03. The Morgan fingerprint density at radius 3 is 2.39 bits per heavy atom. The van der Waals surface area contributed by atoms with Gasteiger partial charge in [-0.1, -0.05) is 29.8 Å². The molecule has 0 saturated heterocycles. The minimum atomic E-state index is 0.0987. The molecule has 0 amide bonds. The SMILES string of the molecule is COc1ccc(/C=C/C(=O)CCN(C)c2ccc(Cl)cc2)cc1. The van der Waals surface area contributed by atoms with Crippen LogP contribution in [0.5, 0.6) is 5.75 Å². The Balaban J connectivity index is 1.84. The first kappa shape index (κ1) is 17.1. The van der Waals surface area contributed by atoms with Gasteiger partial charge in [0.15, 0.2) is 5.78 Å². The number of anilines is 1. The molecule has 0 atom stereocenters. The normalized spacial score (nSPS) is 10.7. The number of ether oxygens (including phenoxy) is 1. The molecule has 0 heterocycles. The van der Waals surface area contributed by atoms with Gasteiger partial charge in [-0.2, -0.15) is 0 Å². The molecule has 23 heavy (non-hydrogen) atoms. The molecular formula is C19H20ClNO2. The Morgan fingerprint density at radius 1 is 1.13 bits per heavy atom. The van der Waals surface area contributed by atoms with Gasteiger partial charge in [0.05, 0.1) is 7.11 Å². The number of halogens is 1. The van der Waals surface area contributed by atoms with Gasteiger partial charge in [-0.05, 0) is 48.0 Å². The molecule has 0 aliphatic carbocycles. The highest BCUT2D eigenvalue weighted by Crippen LogP contribution is 2.17. The molecule has 0 spiro atoms. The lowest BCUT2D eigenvalue weighted by molar-refractivity contribution is -0.114. The number of carbonyl (C=O) groups is 1. The first-order chi connectivity index (χ1) is 11.1. The molecule has 2 rings (SSSR count). The molecule has 0 radical (unpaired) electrons. The van der Waals surface area contributed by atoms with E-state index < -0.39 is 0 Å². The van der Waals surface area contributed by atoms with Crippen LogP contribution in [-0.4, -0.2) is 26.5 Å². The van der Waals surface area contributed by atoms with E-state index in [-0.39, 0.29) is 5.78 Å². The van der Waals surface area contributed by atoms with Crippen molar-refractivity contribution in [3.63, 3.8) is 0 Å². The second-order valence-electron chi connectivity index (χ2n) is 5.22. The Hall–Kier alpha value is -2.26. The Morgan fingerprint density at radius 2 is 1.78 bits per heavy atom. The average molecular weight is 330 g/mol. The van der Waals surface area contributed by atoms with Crippen molar-refractivity contribution < 1.29 is 9.53 Å². The molecular weight excluding hydrogens is 310 g/mol. The molecule has 0 aromatic heterocycles. The third kappa shape index (κ3) is 5.46. The lowest BCUT2D eigenvalue weighted by Gasteiger charge is -2.18. The van der Waals surface area contributed by atoms with Crippen LogP contribution in [0.4, 0.5) is 5.69 Å². The number of methoxy groups -OCH3 is 1. The van der Waals surface area contributed by atoms with Crippen molar-refractivity contribution in [3.8, 4) is 5.75 Å². The minimum absolute atomic E-state index is 0.0987. The van der Waals surface area contributed by atoms with Gasteiger partial charge in [-0.15, -0.1) is 0 Å². The summed E-state index contributed by atoms with van der Waals surface area (Å²) in [6.07, 6.45) is 3.91. The number of carbonyl (C=O) groups excluding carboxylic acids is 1. The molecule has 0 N–H and O–H groups in total. The molecule has 4 heteroatoms. The van der Waals surface area contributed by atoms with Crippen LogP contribution in [0.2, 0.25) is 5.02 Å². The predicted molar refractivity (Wildman–Crippen MR) is 96.4 cm³/mol. The van der Waals surface area contributed by atoms with Crippen molar-refractivity contribution in [2.75, 3.05) is 25.6 Å². The maximum absolute atomic E-state index is 12.0. The van der Waals surface area contributed by atoms with Crippen LogP contribution >= 0.6 is 11.6 Å². The smallest absolute Gasteiger partial charge is 0.157 e. The monoisotopic (exact) mass is 329 g/mol. The van der Waals surface area contributed by atoms with Crippen LogP contribution in [0.15, 0.2) is 54.6 Å². The van der Waals surface area contributed by atoms with E-state index in [1.165, 1.54) is 0 Å². The average Bonchev–Trinajstić information content (AvgIpc) is 2.59. The van der Waals surface area contributed by atoms with Crippen molar-refractivity contribution in [2.24, 2.45) is 0 Å². The van der Waals surface area contributed by atoms with Gasteiger partial charge < -0.3 is 9.64 Å². The molecule has 0 fully saturated rings. The molecule has 0 unspecified atom stereocenters. The highest BCUT2D eigenvalue weighted by atomic mass is 35.5. The first-order valence-electron chi connectivity index (χ1n) is 7.40. The number of benzene rings is 2. The molecule has 0 bridgehead atoms. The largest absolute Gasteiger partial charge is 0.497 e. The Bertz CT molecular complexity index is 663. The van der Waals surface area contributed by atoms with E-state index in [9.17, 15) is 4.79 Å². The fraction of sp³-hybridized carbons (Fsp3) is 0.211. The second kappa shape index (κ2) is 8.39. The second-order valence-corrected chi connectivity index (χ2v) is 5.66. The zero-order valence-corrected chi connectivity index (χ0v) is 14.1. The predicted octanol–water partition coefficient (Wildman–Crippen LogP) is 4.46. The van der Waals surface area contributed by atoms with Gasteiger partial charge in [0, 0.05) is 30.7 Å². The van der Waals surface area contributed by atoms with Gasteiger partial charge >= 0.3 is 0 Å². The molecule has 0 aliphatic heterocycles. The van der Waals surface area contributed by atoms with Crippen LogP contribution in [0.1, 0.15) is 12.0 Å². The fourth-order valence-electron chi connectivity index (χ4n) is 2.09. The summed E-state index contributed by atoms with van der Waals surface area (Å²) in [6.45, 7) is 0.660. The molecule has 2 aromatic carbocycles. The number of allylic oxidation sites excluding steroid dienone is 1. The summed E-state index contributed by atoms with van der Waals surface area (Å²) in [5.41, 5.74) is 2.02. The number of rotatable bonds is 7. The Labute approximate surface area is 142 Å². The highest BCUT2D eigenvalue weighted by molar-refractivity contribution is 6.30. The summed E-state index contributed by atoms with van der Waals surface area (Å²) in [7, 11) is 3.59. The lowest BCUT2D eigenvalue weighted by Crippen LogP contribution is -2.20. The number of nitrogens with zero attached hydrogens (tertiary/aromatic N) is 1. The zero-order valence-electron chi connectivity index (χ0n) is 13.3. The topological polar surface area (TPSA) is 29.5 Å². The standard InChI is InChI=1S/C19H20ClNO2/c1-21(17-8-6-16(20)7-9-17)14-13-18(22)10-3-15-4-11-19(23-2)12-5-15/h3-12H,13-14H2,1-2H3/b10-3+. The quantitative estimate of drug-likeness (QED) is 0.702. The van der Waals surface area contributed by atoms with E-state index in [1.54, 1.807) is 13.2 Å². The van der Waals surface area contributed by atoms with Crippen molar-refractivity contribution in [2.45, 2.75) is 6.42 Å². The fourth-order valence-corrected chi connectivity index (χ4v) is 2.22. The summed E-state index contributed by atoms with van der Waals surface area (Å²) in [4.78, 5) is 14.0. The maximum atomic E-state index is 12.0. The molecule has 0 aliphatic rings. The summed E-state index contributed by atoms with van der Waals surface area (Å²) < 4.78 is 5.10. The number of hydrogen-bond donors (Lipinski definition) is 0. The first-order valence-corrected chi connectivity index (χ1v) is 7.78. The molecule has 120 valence electrons. The van der Waals surface area contributed by atoms with Crippen LogP contribution in [0.25, 0.3) is 6.08 Å². The van der Waals surface area contributed by atoms with Crippen LogP contribution in [0.3, 0.4) is 0 Å². The summed E-state index contributed by atoms with van der Waals surface area (Å²) in [5.74, 6) is 0.902. The molecule has 2 aromatic rings.